The lowest BCUT2D eigenvalue weighted by Gasteiger charge is -2.05. The summed E-state index contributed by atoms with van der Waals surface area (Å²) in [6.07, 6.45) is 2.61. The fourth-order valence-corrected chi connectivity index (χ4v) is 2.75. The van der Waals surface area contributed by atoms with Gasteiger partial charge >= 0.3 is 0 Å². The van der Waals surface area contributed by atoms with Crippen molar-refractivity contribution < 1.29 is 18.0 Å². The number of rotatable bonds is 5. The van der Waals surface area contributed by atoms with Crippen molar-refractivity contribution in [2.45, 2.75) is 24.2 Å². The van der Waals surface area contributed by atoms with Crippen LogP contribution in [0.5, 0.6) is 0 Å². The third kappa shape index (κ3) is 3.42. The predicted molar refractivity (Wildman–Crippen MR) is 71.2 cm³/mol. The summed E-state index contributed by atoms with van der Waals surface area (Å²) in [7, 11) is -3.36. The lowest BCUT2D eigenvalue weighted by atomic mass is 10.0. The van der Waals surface area contributed by atoms with E-state index in [1.807, 2.05) is 0 Å². The fourth-order valence-electron chi connectivity index (χ4n) is 1.76. The van der Waals surface area contributed by atoms with Gasteiger partial charge in [0.05, 0.1) is 16.3 Å². The SMILES string of the molecule is CS(=O)(=O)c1ccc(C(=O)CC(=O)C2CC2)c(Cl)c1. The Kier molecular flexibility index (Phi) is 3.78. The van der Waals surface area contributed by atoms with E-state index in [0.29, 0.717) is 0 Å². The Labute approximate surface area is 116 Å². The molecule has 0 aliphatic heterocycles. The number of Topliss-reactive ketones (excluding diaryl/α,β-unsaturated/α-hetero) is 2. The number of carbonyl (C=O) groups is 2. The molecule has 102 valence electrons. The largest absolute Gasteiger partial charge is 0.299 e. The van der Waals surface area contributed by atoms with Gasteiger partial charge in [-0.3, -0.25) is 9.59 Å². The Morgan fingerprint density at radius 3 is 2.42 bits per heavy atom. The molecule has 6 heteroatoms. The Hall–Kier alpha value is -1.20. The number of ketones is 2. The van der Waals surface area contributed by atoms with Gasteiger partial charge in [0.15, 0.2) is 15.6 Å². The molecular weight excluding hydrogens is 288 g/mol. The number of sulfone groups is 1. The van der Waals surface area contributed by atoms with Crippen molar-refractivity contribution >= 4 is 33.0 Å². The van der Waals surface area contributed by atoms with E-state index >= 15 is 0 Å². The number of hydrogen-bond donors (Lipinski definition) is 0. The smallest absolute Gasteiger partial charge is 0.175 e. The molecule has 1 fully saturated rings. The standard InChI is InChI=1S/C13H13ClO4S/c1-19(17,18)9-4-5-10(11(14)6-9)13(16)7-12(15)8-2-3-8/h4-6,8H,2-3,7H2,1H3. The topological polar surface area (TPSA) is 68.3 Å². The van der Waals surface area contributed by atoms with Crippen molar-refractivity contribution in [1.29, 1.82) is 0 Å². The molecule has 2 rings (SSSR count). The molecule has 1 aliphatic carbocycles. The van der Waals surface area contributed by atoms with Crippen molar-refractivity contribution in [3.8, 4) is 0 Å². The van der Waals surface area contributed by atoms with E-state index in [-0.39, 0.29) is 39.4 Å². The van der Waals surface area contributed by atoms with Crippen LogP contribution in [0.25, 0.3) is 0 Å². The number of carbonyl (C=O) groups excluding carboxylic acids is 2. The van der Waals surface area contributed by atoms with Gasteiger partial charge in [0, 0.05) is 17.7 Å². The highest BCUT2D eigenvalue weighted by atomic mass is 35.5. The van der Waals surface area contributed by atoms with Gasteiger partial charge in [0.2, 0.25) is 0 Å². The van der Waals surface area contributed by atoms with E-state index in [2.05, 4.69) is 0 Å². The van der Waals surface area contributed by atoms with Gasteiger partial charge in [-0.05, 0) is 31.0 Å². The summed E-state index contributed by atoms with van der Waals surface area (Å²) < 4.78 is 22.7. The van der Waals surface area contributed by atoms with Crippen molar-refractivity contribution in [1.82, 2.24) is 0 Å². The monoisotopic (exact) mass is 300 g/mol. The summed E-state index contributed by atoms with van der Waals surface area (Å²) >= 11 is 5.91. The molecular formula is C13H13ClO4S. The van der Waals surface area contributed by atoms with Crippen LogP contribution in [0.4, 0.5) is 0 Å². The molecule has 1 aromatic carbocycles. The molecule has 0 saturated heterocycles. The first-order chi connectivity index (χ1) is 8.79. The summed E-state index contributed by atoms with van der Waals surface area (Å²) in [5, 5.41) is 0.0662. The molecule has 4 nitrogen and oxygen atoms in total. The maximum absolute atomic E-state index is 11.9. The maximum atomic E-state index is 11.9. The molecule has 0 atom stereocenters. The Morgan fingerprint density at radius 1 is 1.32 bits per heavy atom. The van der Waals surface area contributed by atoms with Crippen molar-refractivity contribution in [2.75, 3.05) is 6.26 Å². The third-order valence-corrected chi connectivity index (χ3v) is 4.46. The van der Waals surface area contributed by atoms with Crippen molar-refractivity contribution in [3.63, 3.8) is 0 Å². The van der Waals surface area contributed by atoms with Crippen LogP contribution in [0.1, 0.15) is 29.6 Å². The van der Waals surface area contributed by atoms with Gasteiger partial charge in [-0.15, -0.1) is 0 Å². The van der Waals surface area contributed by atoms with Crippen LogP contribution in [-0.2, 0) is 14.6 Å². The Balaban J connectivity index is 2.20. The molecule has 0 N–H and O–H groups in total. The summed E-state index contributed by atoms with van der Waals surface area (Å²) in [5.41, 5.74) is 0.197. The van der Waals surface area contributed by atoms with Crippen LogP contribution in [0.15, 0.2) is 23.1 Å². The van der Waals surface area contributed by atoms with Gasteiger partial charge in [-0.25, -0.2) is 8.42 Å². The molecule has 1 aromatic rings. The average molecular weight is 301 g/mol. The highest BCUT2D eigenvalue weighted by Crippen LogP contribution is 2.32. The first-order valence-corrected chi connectivity index (χ1v) is 8.11. The first kappa shape index (κ1) is 14.2. The number of benzene rings is 1. The summed E-state index contributed by atoms with van der Waals surface area (Å²) in [6.45, 7) is 0. The fraction of sp³-hybridized carbons (Fsp3) is 0.385. The minimum absolute atomic E-state index is 0.0259. The van der Waals surface area contributed by atoms with Crippen molar-refractivity contribution in [3.05, 3.63) is 28.8 Å². The summed E-state index contributed by atoms with van der Waals surface area (Å²) in [4.78, 5) is 23.5. The zero-order valence-corrected chi connectivity index (χ0v) is 11.9. The second-order valence-corrected chi connectivity index (χ2v) is 7.18. The molecule has 1 aliphatic rings. The molecule has 1 saturated carbocycles. The third-order valence-electron chi connectivity index (χ3n) is 3.04. The van der Waals surface area contributed by atoms with Gasteiger partial charge in [-0.2, -0.15) is 0 Å². The van der Waals surface area contributed by atoms with Gasteiger partial charge in [0.25, 0.3) is 0 Å². The molecule has 0 spiro atoms. The van der Waals surface area contributed by atoms with E-state index in [0.717, 1.165) is 19.1 Å². The van der Waals surface area contributed by atoms with Gasteiger partial charge < -0.3 is 0 Å². The van der Waals surface area contributed by atoms with Crippen LogP contribution >= 0.6 is 11.6 Å². The molecule has 0 aromatic heterocycles. The van der Waals surface area contributed by atoms with E-state index in [4.69, 9.17) is 11.6 Å². The minimum Gasteiger partial charge on any atom is -0.299 e. The van der Waals surface area contributed by atoms with Crippen molar-refractivity contribution in [2.24, 2.45) is 5.92 Å². The van der Waals surface area contributed by atoms with E-state index in [9.17, 15) is 18.0 Å². The average Bonchev–Trinajstić information content (AvgIpc) is 3.10. The highest BCUT2D eigenvalue weighted by Gasteiger charge is 2.31. The number of halogens is 1. The first-order valence-electron chi connectivity index (χ1n) is 5.84. The Morgan fingerprint density at radius 2 is 1.95 bits per heavy atom. The van der Waals surface area contributed by atoms with Crippen LogP contribution in [0.2, 0.25) is 5.02 Å². The molecule has 0 radical (unpaired) electrons. The predicted octanol–water partition coefficient (Wildman–Crippen LogP) is 2.30. The highest BCUT2D eigenvalue weighted by molar-refractivity contribution is 7.90. The zero-order chi connectivity index (χ0) is 14.2. The minimum atomic E-state index is -3.36. The van der Waals surface area contributed by atoms with Crippen LogP contribution < -0.4 is 0 Å². The van der Waals surface area contributed by atoms with Gasteiger partial charge in [-0.1, -0.05) is 11.6 Å². The molecule has 19 heavy (non-hydrogen) atoms. The normalized spacial score (nSPS) is 15.3. The van der Waals surface area contributed by atoms with E-state index < -0.39 is 9.84 Å². The van der Waals surface area contributed by atoms with E-state index in [1.54, 1.807) is 0 Å². The Bertz CT molecular complexity index is 645. The summed E-state index contributed by atoms with van der Waals surface area (Å²) in [6, 6.07) is 3.93. The maximum Gasteiger partial charge on any atom is 0.175 e. The zero-order valence-electron chi connectivity index (χ0n) is 10.3. The van der Waals surface area contributed by atoms with Crippen LogP contribution in [0, 0.1) is 5.92 Å². The second kappa shape index (κ2) is 5.06. The lowest BCUT2D eigenvalue weighted by Crippen LogP contribution is -2.10. The van der Waals surface area contributed by atoms with Crippen LogP contribution in [-0.4, -0.2) is 26.2 Å². The summed E-state index contributed by atoms with van der Waals surface area (Å²) in [5.74, 6) is -0.395. The second-order valence-electron chi connectivity index (χ2n) is 4.75. The number of hydrogen-bond acceptors (Lipinski definition) is 4. The lowest BCUT2D eigenvalue weighted by molar-refractivity contribution is -0.119. The van der Waals surface area contributed by atoms with Gasteiger partial charge in [0.1, 0.15) is 5.78 Å². The quantitative estimate of drug-likeness (QED) is 0.618. The van der Waals surface area contributed by atoms with E-state index in [1.165, 1.54) is 18.2 Å². The molecule has 0 unspecified atom stereocenters. The molecule has 0 bridgehead atoms. The molecule has 0 amide bonds. The molecule has 0 heterocycles. The van der Waals surface area contributed by atoms with Crippen LogP contribution in [0.3, 0.4) is 0 Å².